The number of carbonyl (C=O) groups excluding carboxylic acids is 1. The van der Waals surface area contributed by atoms with E-state index in [2.05, 4.69) is 20.6 Å². The van der Waals surface area contributed by atoms with Crippen LogP contribution in [-0.2, 0) is 11.3 Å². The van der Waals surface area contributed by atoms with Crippen LogP contribution in [0, 0.1) is 0 Å². The molecule has 2 heterocycles. The third-order valence-corrected chi connectivity index (χ3v) is 3.79. The fraction of sp³-hybridized carbons (Fsp3) is 0.438. The molecular formula is C16H20N4O3. The van der Waals surface area contributed by atoms with Crippen LogP contribution < -0.4 is 15.4 Å². The molecule has 0 aliphatic carbocycles. The highest BCUT2D eigenvalue weighted by Crippen LogP contribution is 2.17. The summed E-state index contributed by atoms with van der Waals surface area (Å²) >= 11 is 0. The smallest absolute Gasteiger partial charge is 0.407 e. The Morgan fingerprint density at radius 3 is 3.17 bits per heavy atom. The van der Waals surface area contributed by atoms with E-state index < -0.39 is 0 Å². The Kier molecular flexibility index (Phi) is 4.87. The number of hydrogen-bond acceptors (Lipinski definition) is 6. The van der Waals surface area contributed by atoms with Gasteiger partial charge in [-0.3, -0.25) is 0 Å². The van der Waals surface area contributed by atoms with Crippen LogP contribution in [0.4, 0.5) is 4.79 Å². The minimum Gasteiger partial charge on any atom is -0.480 e. The number of methoxy groups -OCH3 is 1. The summed E-state index contributed by atoms with van der Waals surface area (Å²) in [5, 5.41) is 6.06. The van der Waals surface area contributed by atoms with Crippen LogP contribution >= 0.6 is 0 Å². The third-order valence-electron chi connectivity index (χ3n) is 3.79. The van der Waals surface area contributed by atoms with Crippen molar-refractivity contribution in [2.75, 3.05) is 20.2 Å². The number of alkyl carbamates (subject to hydrolysis) is 1. The second kappa shape index (κ2) is 7.23. The summed E-state index contributed by atoms with van der Waals surface area (Å²) in [5.41, 5.74) is 2.80. The molecule has 1 unspecified atom stereocenters. The molecule has 3 rings (SSSR count). The van der Waals surface area contributed by atoms with Gasteiger partial charge in [-0.05, 0) is 31.0 Å². The Morgan fingerprint density at radius 1 is 1.48 bits per heavy atom. The van der Waals surface area contributed by atoms with E-state index in [0.29, 0.717) is 19.0 Å². The minimum atomic E-state index is -0.314. The van der Waals surface area contributed by atoms with E-state index in [1.807, 2.05) is 18.2 Å². The Bertz CT molecular complexity index is 692. The zero-order chi connectivity index (χ0) is 16.1. The summed E-state index contributed by atoms with van der Waals surface area (Å²) in [6.45, 7) is 2.17. The van der Waals surface area contributed by atoms with Crippen LogP contribution in [0.25, 0.3) is 11.0 Å². The van der Waals surface area contributed by atoms with E-state index in [0.717, 1.165) is 36.0 Å². The molecule has 122 valence electrons. The zero-order valence-corrected chi connectivity index (χ0v) is 13.0. The lowest BCUT2D eigenvalue weighted by molar-refractivity contribution is 0.134. The summed E-state index contributed by atoms with van der Waals surface area (Å²) in [4.78, 5) is 19.8. The highest BCUT2D eigenvalue weighted by molar-refractivity contribution is 5.78. The van der Waals surface area contributed by atoms with Crippen LogP contribution in [0.1, 0.15) is 18.4 Å². The largest absolute Gasteiger partial charge is 0.480 e. The summed E-state index contributed by atoms with van der Waals surface area (Å²) in [6.07, 6.45) is 3.10. The maximum atomic E-state index is 10.9. The van der Waals surface area contributed by atoms with Gasteiger partial charge in [0.25, 0.3) is 0 Å². The normalized spacial score (nSPS) is 17.1. The SMILES string of the molecule is COc1cnc2cccc(CNCCCC3CNC(=O)O3)c2n1. The molecule has 1 aliphatic rings. The lowest BCUT2D eigenvalue weighted by Crippen LogP contribution is -2.19. The topological polar surface area (TPSA) is 85.4 Å². The number of carbonyl (C=O) groups is 1. The number of cyclic esters (lactones) is 1. The maximum absolute atomic E-state index is 10.9. The molecule has 0 radical (unpaired) electrons. The summed E-state index contributed by atoms with van der Waals surface area (Å²) in [5.74, 6) is 0.514. The van der Waals surface area contributed by atoms with Crippen LogP contribution in [0.15, 0.2) is 24.4 Å². The van der Waals surface area contributed by atoms with E-state index in [-0.39, 0.29) is 12.2 Å². The van der Waals surface area contributed by atoms with Crippen molar-refractivity contribution in [1.29, 1.82) is 0 Å². The van der Waals surface area contributed by atoms with Gasteiger partial charge in [0.15, 0.2) is 0 Å². The van der Waals surface area contributed by atoms with Crippen molar-refractivity contribution in [1.82, 2.24) is 20.6 Å². The Morgan fingerprint density at radius 2 is 2.39 bits per heavy atom. The second-order valence-corrected chi connectivity index (χ2v) is 5.42. The van der Waals surface area contributed by atoms with Gasteiger partial charge in [-0.15, -0.1) is 0 Å². The zero-order valence-electron chi connectivity index (χ0n) is 13.0. The van der Waals surface area contributed by atoms with Crippen molar-refractivity contribution in [2.24, 2.45) is 0 Å². The molecule has 23 heavy (non-hydrogen) atoms. The van der Waals surface area contributed by atoms with E-state index in [1.165, 1.54) is 0 Å². The molecule has 7 nitrogen and oxygen atoms in total. The third kappa shape index (κ3) is 3.87. The highest BCUT2D eigenvalue weighted by Gasteiger charge is 2.21. The number of para-hydroxylation sites is 1. The number of fused-ring (bicyclic) bond motifs is 1. The minimum absolute atomic E-state index is 0.00279. The molecule has 0 spiro atoms. The predicted molar refractivity (Wildman–Crippen MR) is 85.3 cm³/mol. The maximum Gasteiger partial charge on any atom is 0.407 e. The van der Waals surface area contributed by atoms with Gasteiger partial charge in [0.05, 0.1) is 30.9 Å². The Balaban J connectivity index is 1.51. The number of nitrogens with zero attached hydrogens (tertiary/aromatic N) is 2. The number of benzene rings is 1. The van der Waals surface area contributed by atoms with E-state index in [4.69, 9.17) is 9.47 Å². The van der Waals surface area contributed by atoms with E-state index in [1.54, 1.807) is 13.3 Å². The number of ether oxygens (including phenoxy) is 2. The molecule has 2 aromatic rings. The van der Waals surface area contributed by atoms with Crippen LogP contribution in [-0.4, -0.2) is 42.4 Å². The van der Waals surface area contributed by atoms with Crippen LogP contribution in [0.3, 0.4) is 0 Å². The summed E-state index contributed by atoms with van der Waals surface area (Å²) in [7, 11) is 1.58. The van der Waals surface area contributed by atoms with Crippen molar-refractivity contribution in [3.05, 3.63) is 30.0 Å². The average molecular weight is 316 g/mol. The molecule has 0 saturated carbocycles. The van der Waals surface area contributed by atoms with Crippen LogP contribution in [0.2, 0.25) is 0 Å². The van der Waals surface area contributed by atoms with Crippen LogP contribution in [0.5, 0.6) is 5.88 Å². The number of hydrogen-bond donors (Lipinski definition) is 2. The van der Waals surface area contributed by atoms with Gasteiger partial charge in [0.1, 0.15) is 6.10 Å². The predicted octanol–water partition coefficient (Wildman–Crippen LogP) is 1.62. The molecule has 1 saturated heterocycles. The van der Waals surface area contributed by atoms with Gasteiger partial charge in [-0.25, -0.2) is 14.8 Å². The van der Waals surface area contributed by atoms with Gasteiger partial charge in [-0.1, -0.05) is 12.1 Å². The standard InChI is InChI=1S/C16H20N4O3/c1-22-14-10-18-13-6-2-4-11(15(13)20-14)8-17-7-3-5-12-9-19-16(21)23-12/h2,4,6,10,12,17H,3,5,7-9H2,1H3,(H,19,21). The molecule has 1 aromatic heterocycles. The quantitative estimate of drug-likeness (QED) is 0.755. The average Bonchev–Trinajstić information content (AvgIpc) is 2.99. The Hall–Kier alpha value is -2.41. The highest BCUT2D eigenvalue weighted by atomic mass is 16.6. The van der Waals surface area contributed by atoms with Gasteiger partial charge >= 0.3 is 6.09 Å². The summed E-state index contributed by atoms with van der Waals surface area (Å²) in [6, 6.07) is 5.95. The van der Waals surface area contributed by atoms with Gasteiger partial charge in [0, 0.05) is 6.54 Å². The summed E-state index contributed by atoms with van der Waals surface area (Å²) < 4.78 is 10.2. The first-order valence-electron chi connectivity index (χ1n) is 7.70. The van der Waals surface area contributed by atoms with Gasteiger partial charge < -0.3 is 20.1 Å². The fourth-order valence-electron chi connectivity index (χ4n) is 2.59. The number of aromatic nitrogens is 2. The fourth-order valence-corrected chi connectivity index (χ4v) is 2.59. The lowest BCUT2D eigenvalue weighted by Gasteiger charge is -2.10. The van der Waals surface area contributed by atoms with Crippen molar-refractivity contribution in [2.45, 2.75) is 25.5 Å². The van der Waals surface area contributed by atoms with Gasteiger partial charge in [-0.2, -0.15) is 0 Å². The first-order chi connectivity index (χ1) is 11.3. The van der Waals surface area contributed by atoms with E-state index >= 15 is 0 Å². The molecule has 2 N–H and O–H groups in total. The molecule has 1 amide bonds. The number of amides is 1. The van der Waals surface area contributed by atoms with Crippen molar-refractivity contribution < 1.29 is 14.3 Å². The van der Waals surface area contributed by atoms with Crippen molar-refractivity contribution >= 4 is 17.1 Å². The molecule has 7 heteroatoms. The van der Waals surface area contributed by atoms with Gasteiger partial charge in [0.2, 0.25) is 5.88 Å². The lowest BCUT2D eigenvalue weighted by atomic mass is 10.1. The Labute approximate surface area is 134 Å². The first-order valence-corrected chi connectivity index (χ1v) is 7.70. The molecular weight excluding hydrogens is 296 g/mol. The van der Waals surface area contributed by atoms with E-state index in [9.17, 15) is 4.79 Å². The molecule has 0 bridgehead atoms. The second-order valence-electron chi connectivity index (χ2n) is 5.42. The first kappa shape index (κ1) is 15.5. The van der Waals surface area contributed by atoms with Crippen molar-refractivity contribution in [3.8, 4) is 5.88 Å². The number of nitrogens with one attached hydrogen (secondary N) is 2. The molecule has 1 aromatic carbocycles. The van der Waals surface area contributed by atoms with Crippen molar-refractivity contribution in [3.63, 3.8) is 0 Å². The molecule has 1 aliphatic heterocycles. The number of rotatable bonds is 7. The molecule has 1 fully saturated rings. The molecule has 1 atom stereocenters. The monoisotopic (exact) mass is 316 g/mol.